The van der Waals surface area contributed by atoms with E-state index in [-0.39, 0.29) is 6.04 Å². The molecule has 0 aromatic heterocycles. The molecular formula is C17H20ClNO. The van der Waals surface area contributed by atoms with Crippen LogP contribution in [0, 0.1) is 0 Å². The summed E-state index contributed by atoms with van der Waals surface area (Å²) in [6.07, 6.45) is 0. The summed E-state index contributed by atoms with van der Waals surface area (Å²) in [5.74, 6) is 0.918. The molecule has 0 amide bonds. The molecule has 0 radical (unpaired) electrons. The molecule has 1 atom stereocenters. The van der Waals surface area contributed by atoms with Crippen molar-refractivity contribution < 1.29 is 4.74 Å². The Labute approximate surface area is 125 Å². The Morgan fingerprint density at radius 1 is 1.15 bits per heavy atom. The predicted octanol–water partition coefficient (Wildman–Crippen LogP) is 4.59. The van der Waals surface area contributed by atoms with Crippen LogP contribution in [0.15, 0.2) is 48.5 Å². The van der Waals surface area contributed by atoms with Gasteiger partial charge in [-0.2, -0.15) is 0 Å². The Hall–Kier alpha value is -1.51. The molecule has 0 saturated carbocycles. The van der Waals surface area contributed by atoms with Crippen LogP contribution >= 0.6 is 11.6 Å². The molecule has 0 saturated heterocycles. The van der Waals surface area contributed by atoms with E-state index in [1.807, 2.05) is 42.5 Å². The maximum Gasteiger partial charge on any atom is 0.124 e. The van der Waals surface area contributed by atoms with Gasteiger partial charge in [0, 0.05) is 16.6 Å². The van der Waals surface area contributed by atoms with Crippen molar-refractivity contribution in [2.75, 3.05) is 6.54 Å². The highest BCUT2D eigenvalue weighted by Crippen LogP contribution is 2.25. The molecule has 2 aromatic rings. The second-order valence-electron chi connectivity index (χ2n) is 4.74. The molecule has 1 N–H and O–H groups in total. The third kappa shape index (κ3) is 3.99. The minimum Gasteiger partial charge on any atom is -0.489 e. The number of halogens is 1. The predicted molar refractivity (Wildman–Crippen MR) is 84.3 cm³/mol. The highest BCUT2D eigenvalue weighted by molar-refractivity contribution is 6.30. The van der Waals surface area contributed by atoms with Gasteiger partial charge >= 0.3 is 0 Å². The van der Waals surface area contributed by atoms with E-state index in [0.717, 1.165) is 22.9 Å². The Kier molecular flexibility index (Phi) is 5.45. The van der Waals surface area contributed by atoms with Gasteiger partial charge in [-0.3, -0.25) is 0 Å². The van der Waals surface area contributed by atoms with Crippen molar-refractivity contribution in [3.8, 4) is 5.75 Å². The summed E-state index contributed by atoms with van der Waals surface area (Å²) in [5.41, 5.74) is 2.25. The van der Waals surface area contributed by atoms with E-state index in [1.54, 1.807) is 0 Å². The first-order valence-corrected chi connectivity index (χ1v) is 7.28. The molecular weight excluding hydrogens is 270 g/mol. The molecule has 2 aromatic carbocycles. The van der Waals surface area contributed by atoms with Crippen LogP contribution < -0.4 is 10.1 Å². The molecule has 0 aliphatic rings. The normalized spacial score (nSPS) is 12.2. The maximum atomic E-state index is 5.98. The molecule has 0 fully saturated rings. The number of nitrogens with one attached hydrogen (secondary N) is 1. The summed E-state index contributed by atoms with van der Waals surface area (Å²) in [5, 5.41) is 4.14. The van der Waals surface area contributed by atoms with E-state index >= 15 is 0 Å². The summed E-state index contributed by atoms with van der Waals surface area (Å²) in [6, 6.07) is 16.2. The van der Waals surface area contributed by atoms with Crippen molar-refractivity contribution in [3.63, 3.8) is 0 Å². The van der Waals surface area contributed by atoms with Crippen molar-refractivity contribution in [1.82, 2.24) is 5.32 Å². The summed E-state index contributed by atoms with van der Waals surface area (Å²) in [7, 11) is 0. The lowest BCUT2D eigenvalue weighted by Crippen LogP contribution is -2.18. The number of hydrogen-bond acceptors (Lipinski definition) is 2. The average molecular weight is 290 g/mol. The molecule has 20 heavy (non-hydrogen) atoms. The molecule has 0 aliphatic heterocycles. The summed E-state index contributed by atoms with van der Waals surface area (Å²) in [6.45, 7) is 5.71. The van der Waals surface area contributed by atoms with Crippen LogP contribution in [-0.4, -0.2) is 6.54 Å². The zero-order valence-electron chi connectivity index (χ0n) is 11.9. The molecule has 2 rings (SSSR count). The highest BCUT2D eigenvalue weighted by atomic mass is 35.5. The molecule has 106 valence electrons. The van der Waals surface area contributed by atoms with E-state index < -0.39 is 0 Å². The SMILES string of the molecule is CCNC(C)c1ccccc1OCc1cccc(Cl)c1. The van der Waals surface area contributed by atoms with Gasteiger partial charge in [0.15, 0.2) is 0 Å². The quantitative estimate of drug-likeness (QED) is 0.840. The summed E-state index contributed by atoms with van der Waals surface area (Å²) in [4.78, 5) is 0. The number of rotatable bonds is 6. The van der Waals surface area contributed by atoms with Crippen LogP contribution in [-0.2, 0) is 6.61 Å². The highest BCUT2D eigenvalue weighted by Gasteiger charge is 2.10. The third-order valence-corrected chi connectivity index (χ3v) is 3.41. The van der Waals surface area contributed by atoms with Gasteiger partial charge in [0.1, 0.15) is 12.4 Å². The second kappa shape index (κ2) is 7.32. The fraction of sp³-hybridized carbons (Fsp3) is 0.294. The lowest BCUT2D eigenvalue weighted by atomic mass is 10.1. The number of ether oxygens (including phenoxy) is 1. The molecule has 3 heteroatoms. The largest absolute Gasteiger partial charge is 0.489 e. The number of hydrogen-bond donors (Lipinski definition) is 1. The van der Waals surface area contributed by atoms with E-state index in [2.05, 4.69) is 25.2 Å². The van der Waals surface area contributed by atoms with E-state index in [0.29, 0.717) is 6.61 Å². The Morgan fingerprint density at radius 3 is 2.70 bits per heavy atom. The topological polar surface area (TPSA) is 21.3 Å². The van der Waals surface area contributed by atoms with Crippen LogP contribution in [0.5, 0.6) is 5.75 Å². The van der Waals surface area contributed by atoms with Crippen LogP contribution in [0.25, 0.3) is 0 Å². The van der Waals surface area contributed by atoms with E-state index in [4.69, 9.17) is 16.3 Å². The van der Waals surface area contributed by atoms with E-state index in [9.17, 15) is 0 Å². The van der Waals surface area contributed by atoms with Gasteiger partial charge in [-0.1, -0.05) is 48.9 Å². The van der Waals surface area contributed by atoms with Crippen LogP contribution in [0.1, 0.15) is 31.0 Å². The number of para-hydroxylation sites is 1. The minimum atomic E-state index is 0.274. The van der Waals surface area contributed by atoms with Gasteiger partial charge in [-0.25, -0.2) is 0 Å². The summed E-state index contributed by atoms with van der Waals surface area (Å²) >= 11 is 5.98. The van der Waals surface area contributed by atoms with Gasteiger partial charge in [-0.15, -0.1) is 0 Å². The molecule has 0 bridgehead atoms. The van der Waals surface area contributed by atoms with Crippen LogP contribution in [0.2, 0.25) is 5.02 Å². The fourth-order valence-corrected chi connectivity index (χ4v) is 2.39. The Morgan fingerprint density at radius 2 is 1.95 bits per heavy atom. The maximum absolute atomic E-state index is 5.98. The van der Waals surface area contributed by atoms with Gasteiger partial charge in [0.05, 0.1) is 0 Å². The van der Waals surface area contributed by atoms with Crippen LogP contribution in [0.4, 0.5) is 0 Å². The lowest BCUT2D eigenvalue weighted by Gasteiger charge is -2.17. The van der Waals surface area contributed by atoms with Crippen molar-refractivity contribution in [2.45, 2.75) is 26.5 Å². The van der Waals surface area contributed by atoms with Crippen molar-refractivity contribution in [1.29, 1.82) is 0 Å². The monoisotopic (exact) mass is 289 g/mol. The van der Waals surface area contributed by atoms with Crippen molar-refractivity contribution >= 4 is 11.6 Å². The molecule has 1 unspecified atom stereocenters. The summed E-state index contributed by atoms with van der Waals surface area (Å²) < 4.78 is 5.95. The van der Waals surface area contributed by atoms with Crippen molar-refractivity contribution in [3.05, 3.63) is 64.7 Å². The van der Waals surface area contributed by atoms with Gasteiger partial charge in [-0.05, 0) is 37.2 Å². The minimum absolute atomic E-state index is 0.274. The number of benzene rings is 2. The molecule has 0 aliphatic carbocycles. The zero-order valence-corrected chi connectivity index (χ0v) is 12.7. The zero-order chi connectivity index (χ0) is 14.4. The first kappa shape index (κ1) is 14.9. The Bertz CT molecular complexity index is 556. The fourth-order valence-electron chi connectivity index (χ4n) is 2.17. The first-order valence-electron chi connectivity index (χ1n) is 6.90. The molecule has 0 heterocycles. The molecule has 2 nitrogen and oxygen atoms in total. The lowest BCUT2D eigenvalue weighted by molar-refractivity contribution is 0.300. The Balaban J connectivity index is 2.09. The van der Waals surface area contributed by atoms with Crippen molar-refractivity contribution in [2.24, 2.45) is 0 Å². The van der Waals surface area contributed by atoms with Gasteiger partial charge in [0.25, 0.3) is 0 Å². The molecule has 0 spiro atoms. The third-order valence-electron chi connectivity index (χ3n) is 3.18. The van der Waals surface area contributed by atoms with Gasteiger partial charge in [0.2, 0.25) is 0 Å². The smallest absolute Gasteiger partial charge is 0.124 e. The first-order chi connectivity index (χ1) is 9.70. The standard InChI is InChI=1S/C17H20ClNO/c1-3-19-13(2)16-9-4-5-10-17(16)20-12-14-7-6-8-15(18)11-14/h4-11,13,19H,3,12H2,1-2H3. The van der Waals surface area contributed by atoms with Gasteiger partial charge < -0.3 is 10.1 Å². The second-order valence-corrected chi connectivity index (χ2v) is 5.17. The van der Waals surface area contributed by atoms with Crippen LogP contribution in [0.3, 0.4) is 0 Å². The average Bonchev–Trinajstić information content (AvgIpc) is 2.46. The van der Waals surface area contributed by atoms with E-state index in [1.165, 1.54) is 5.56 Å².